The minimum Gasteiger partial charge on any atom is -0.506 e. The van der Waals surface area contributed by atoms with Crippen LogP contribution in [0.25, 0.3) is 10.8 Å². The van der Waals surface area contributed by atoms with Crippen molar-refractivity contribution < 1.29 is 18.3 Å². The summed E-state index contributed by atoms with van der Waals surface area (Å²) in [5, 5.41) is 20.7. The highest BCUT2D eigenvalue weighted by atomic mass is 32.2. The molecule has 2 N–H and O–H groups in total. The highest BCUT2D eigenvalue weighted by Crippen LogP contribution is 2.43. The fourth-order valence-electron chi connectivity index (χ4n) is 3.17. The molecular weight excluding hydrogens is 444 g/mol. The van der Waals surface area contributed by atoms with Crippen molar-refractivity contribution in [3.63, 3.8) is 0 Å². The van der Waals surface area contributed by atoms with E-state index in [1.807, 2.05) is 6.08 Å². The van der Waals surface area contributed by atoms with Gasteiger partial charge in [-0.25, -0.2) is 8.42 Å². The molecule has 0 spiro atoms. The zero-order valence-corrected chi connectivity index (χ0v) is 18.9. The van der Waals surface area contributed by atoms with E-state index in [1.165, 1.54) is 17.8 Å². The number of ether oxygens (including phenoxy) is 1. The van der Waals surface area contributed by atoms with Gasteiger partial charge in [-0.05, 0) is 31.1 Å². The van der Waals surface area contributed by atoms with Crippen LogP contribution in [0.1, 0.15) is 12.8 Å². The van der Waals surface area contributed by atoms with E-state index in [4.69, 9.17) is 10.00 Å². The molecule has 0 saturated carbocycles. The van der Waals surface area contributed by atoms with Crippen LogP contribution >= 0.6 is 11.8 Å². The molecule has 3 rings (SSSR count). The number of fused-ring (bicyclic) bond motifs is 1. The number of phenols is 1. The number of hydrogen-bond donors (Lipinski definition) is 2. The first-order valence-corrected chi connectivity index (χ1v) is 12.0. The summed E-state index contributed by atoms with van der Waals surface area (Å²) in [6, 6.07) is 10.4. The maximum absolute atomic E-state index is 13.2. The molecule has 0 fully saturated rings. The van der Waals surface area contributed by atoms with Gasteiger partial charge in [-0.3, -0.25) is 4.72 Å². The lowest BCUT2D eigenvalue weighted by molar-refractivity contribution is 0.265. The molecule has 0 aromatic heterocycles. The van der Waals surface area contributed by atoms with Gasteiger partial charge in [-0.15, -0.1) is 0 Å². The molecule has 0 atom stereocenters. The molecule has 0 saturated heterocycles. The van der Waals surface area contributed by atoms with Gasteiger partial charge in [0.15, 0.2) is 6.61 Å². The number of nitrogens with one attached hydrogen (secondary N) is 1. The van der Waals surface area contributed by atoms with Crippen LogP contribution < -0.4 is 4.72 Å². The zero-order valence-electron chi connectivity index (χ0n) is 17.2. The summed E-state index contributed by atoms with van der Waals surface area (Å²) in [6.07, 6.45) is 10.3. The predicted molar refractivity (Wildman–Crippen MR) is 129 cm³/mol. The van der Waals surface area contributed by atoms with Gasteiger partial charge in [0.2, 0.25) is 0 Å². The molecule has 0 unspecified atom stereocenters. The fourth-order valence-corrected chi connectivity index (χ4v) is 5.37. The van der Waals surface area contributed by atoms with Crippen LogP contribution in [0, 0.1) is 11.3 Å². The molecule has 0 radical (unpaired) electrons. The maximum Gasteiger partial charge on any atom is 0.265 e. The number of sulfonamides is 1. The fraction of sp³-hybridized carbons (Fsp3) is 0.125. The molecule has 0 aliphatic heterocycles. The molecule has 1 aliphatic carbocycles. The van der Waals surface area contributed by atoms with E-state index >= 15 is 0 Å². The summed E-state index contributed by atoms with van der Waals surface area (Å²) in [5.41, 5.74) is 0.296. The van der Waals surface area contributed by atoms with Crippen LogP contribution in [0.15, 0.2) is 94.3 Å². The van der Waals surface area contributed by atoms with Crippen molar-refractivity contribution in [1.82, 2.24) is 0 Å². The van der Waals surface area contributed by atoms with E-state index in [0.717, 1.165) is 23.8 Å². The highest BCUT2D eigenvalue weighted by molar-refractivity contribution is 8.03. The normalized spacial score (nSPS) is 14.2. The van der Waals surface area contributed by atoms with Gasteiger partial charge in [-0.2, -0.15) is 5.26 Å². The van der Waals surface area contributed by atoms with Crippen LogP contribution in [-0.4, -0.2) is 20.1 Å². The topological polar surface area (TPSA) is 99.4 Å². The van der Waals surface area contributed by atoms with Gasteiger partial charge in [0, 0.05) is 15.7 Å². The van der Waals surface area contributed by atoms with E-state index in [1.54, 1.807) is 36.4 Å². The Labute approximate surface area is 192 Å². The van der Waals surface area contributed by atoms with Crippen molar-refractivity contribution in [2.24, 2.45) is 0 Å². The summed E-state index contributed by atoms with van der Waals surface area (Å²) < 4.78 is 34.1. The largest absolute Gasteiger partial charge is 0.506 e. The Hall–Kier alpha value is -3.41. The number of nitrogens with zero attached hydrogens (tertiary/aromatic N) is 1. The first kappa shape index (κ1) is 23.3. The van der Waals surface area contributed by atoms with E-state index in [-0.39, 0.29) is 23.0 Å². The predicted octanol–water partition coefficient (Wildman–Crippen LogP) is 5.74. The zero-order chi connectivity index (χ0) is 23.1. The number of phenolic OH excluding ortho intramolecular Hbond substituents is 1. The van der Waals surface area contributed by atoms with Crippen molar-refractivity contribution in [2.75, 3.05) is 11.3 Å². The quantitative estimate of drug-likeness (QED) is 0.278. The molecular formula is C24H22N2O4S2. The van der Waals surface area contributed by atoms with Crippen LogP contribution in [0.5, 0.6) is 5.75 Å². The Morgan fingerprint density at radius 2 is 2.00 bits per heavy atom. The lowest BCUT2D eigenvalue weighted by Gasteiger charge is -2.17. The van der Waals surface area contributed by atoms with Gasteiger partial charge in [-0.1, -0.05) is 67.4 Å². The van der Waals surface area contributed by atoms with Crippen molar-refractivity contribution in [1.29, 1.82) is 5.26 Å². The van der Waals surface area contributed by atoms with Gasteiger partial charge >= 0.3 is 0 Å². The molecule has 2 aromatic carbocycles. The summed E-state index contributed by atoms with van der Waals surface area (Å²) in [5.74, 6) is 0.00118. The lowest BCUT2D eigenvalue weighted by Crippen LogP contribution is -2.16. The molecule has 0 amide bonds. The van der Waals surface area contributed by atoms with E-state index in [0.29, 0.717) is 21.4 Å². The summed E-state index contributed by atoms with van der Waals surface area (Å²) in [4.78, 5) is 1.25. The van der Waals surface area contributed by atoms with Gasteiger partial charge in [0.05, 0.1) is 10.6 Å². The molecule has 32 heavy (non-hydrogen) atoms. The SMILES string of the molecule is C=C/C(OCC#N)=C(\C=C)S(=O)(=O)Nc1cc(SC2=CCCC=C2)c(O)c2ccccc12. The summed E-state index contributed by atoms with van der Waals surface area (Å²) in [6.45, 7) is 6.80. The van der Waals surface area contributed by atoms with Crippen LogP contribution in [0.3, 0.4) is 0 Å². The number of hydrogen-bond acceptors (Lipinski definition) is 6. The Kier molecular flexibility index (Phi) is 7.46. The van der Waals surface area contributed by atoms with E-state index < -0.39 is 10.0 Å². The third kappa shape index (κ3) is 5.07. The smallest absolute Gasteiger partial charge is 0.265 e. The molecule has 164 valence electrons. The third-order valence-electron chi connectivity index (χ3n) is 4.61. The maximum atomic E-state index is 13.2. The van der Waals surface area contributed by atoms with E-state index in [2.05, 4.69) is 30.0 Å². The third-order valence-corrected chi connectivity index (χ3v) is 7.11. The van der Waals surface area contributed by atoms with Crippen LogP contribution in [-0.2, 0) is 14.8 Å². The second-order valence-corrected chi connectivity index (χ2v) is 9.46. The second kappa shape index (κ2) is 10.3. The Morgan fingerprint density at radius 1 is 1.25 bits per heavy atom. The minimum absolute atomic E-state index is 0.0794. The van der Waals surface area contributed by atoms with Crippen molar-refractivity contribution in [3.8, 4) is 11.8 Å². The van der Waals surface area contributed by atoms with Crippen LogP contribution in [0.2, 0.25) is 0 Å². The Balaban J connectivity index is 2.10. The Morgan fingerprint density at radius 3 is 2.62 bits per heavy atom. The lowest BCUT2D eigenvalue weighted by atomic mass is 10.1. The summed E-state index contributed by atoms with van der Waals surface area (Å²) >= 11 is 1.36. The second-order valence-electron chi connectivity index (χ2n) is 6.69. The number of thioether (sulfide) groups is 1. The first-order valence-electron chi connectivity index (χ1n) is 9.72. The molecule has 0 heterocycles. The van der Waals surface area contributed by atoms with Gasteiger partial charge in [0.25, 0.3) is 10.0 Å². The van der Waals surface area contributed by atoms with Gasteiger partial charge < -0.3 is 9.84 Å². The molecule has 6 nitrogen and oxygen atoms in total. The monoisotopic (exact) mass is 466 g/mol. The number of anilines is 1. The molecule has 2 aromatic rings. The number of rotatable bonds is 9. The Bertz CT molecular complexity index is 1300. The first-order chi connectivity index (χ1) is 15.4. The molecule has 8 heteroatoms. The average molecular weight is 467 g/mol. The van der Waals surface area contributed by atoms with Gasteiger partial charge in [0.1, 0.15) is 22.5 Å². The van der Waals surface area contributed by atoms with E-state index in [9.17, 15) is 13.5 Å². The number of allylic oxidation sites excluding steroid dienone is 5. The molecule has 0 bridgehead atoms. The number of benzene rings is 2. The van der Waals surface area contributed by atoms with Crippen molar-refractivity contribution in [2.45, 2.75) is 17.7 Å². The minimum atomic E-state index is -4.13. The average Bonchev–Trinajstić information content (AvgIpc) is 2.80. The van der Waals surface area contributed by atoms with Crippen molar-refractivity contribution in [3.05, 3.63) is 89.4 Å². The molecule has 1 aliphatic rings. The van der Waals surface area contributed by atoms with Crippen molar-refractivity contribution >= 4 is 38.2 Å². The van der Waals surface area contributed by atoms with Crippen LogP contribution in [0.4, 0.5) is 5.69 Å². The summed E-state index contributed by atoms with van der Waals surface area (Å²) in [7, 11) is -4.13. The highest BCUT2D eigenvalue weighted by Gasteiger charge is 2.22. The standard InChI is InChI=1S/C24H22N2O4S2/c1-3-21(30-15-14-25)23(4-2)32(28,29)26-20-16-22(31-17-10-6-5-7-11-17)24(27)19-13-9-8-12-18(19)20/h3-4,6,8-13,16,26-27H,1-2,5,7,15H2/b23-21-. The number of nitriles is 1. The number of aromatic hydroxyl groups is 1.